The lowest BCUT2D eigenvalue weighted by Crippen LogP contribution is -2.09. The first-order valence-electron chi connectivity index (χ1n) is 6.12. The molecule has 0 aliphatic heterocycles. The molecule has 0 atom stereocenters. The number of halogens is 2. The average Bonchev–Trinajstić information content (AvgIpc) is 2.47. The number of hydrogen-bond acceptors (Lipinski definition) is 3. The minimum atomic E-state index is -0.350. The molecule has 1 N–H and O–H groups in total. The van der Waals surface area contributed by atoms with Gasteiger partial charge < -0.3 is 9.84 Å². The number of aliphatic hydroxyl groups excluding tert-OH is 1. The van der Waals surface area contributed by atoms with Gasteiger partial charge in [0.15, 0.2) is 12.4 Å². The topological polar surface area (TPSA) is 46.5 Å². The minimum absolute atomic E-state index is 0.128. The van der Waals surface area contributed by atoms with E-state index in [2.05, 4.69) is 0 Å². The molecule has 0 aliphatic rings. The molecule has 0 aromatic heterocycles. The number of ether oxygens (including phenoxy) is 1. The number of carbonyl (C=O) groups is 1. The van der Waals surface area contributed by atoms with E-state index in [0.717, 1.165) is 6.08 Å². The van der Waals surface area contributed by atoms with E-state index in [0.29, 0.717) is 21.4 Å². The first kappa shape index (κ1) is 15.4. The molecule has 0 unspecified atom stereocenters. The molecule has 21 heavy (non-hydrogen) atoms. The van der Waals surface area contributed by atoms with Crippen LogP contribution in [0.2, 0.25) is 10.0 Å². The molecule has 0 fully saturated rings. The summed E-state index contributed by atoms with van der Waals surface area (Å²) in [6.45, 7) is -0.167. The zero-order chi connectivity index (χ0) is 15.2. The fourth-order valence-corrected chi connectivity index (χ4v) is 1.84. The molecular formula is C16H12Cl2O3. The van der Waals surface area contributed by atoms with E-state index in [9.17, 15) is 9.90 Å². The molecule has 0 radical (unpaired) electrons. The van der Waals surface area contributed by atoms with Gasteiger partial charge in [0.25, 0.3) is 0 Å². The van der Waals surface area contributed by atoms with Gasteiger partial charge >= 0.3 is 0 Å². The Kier molecular flexibility index (Phi) is 5.26. The molecule has 108 valence electrons. The van der Waals surface area contributed by atoms with Crippen LogP contribution >= 0.6 is 23.2 Å². The molecule has 2 aromatic carbocycles. The van der Waals surface area contributed by atoms with Crippen molar-refractivity contribution in [2.75, 3.05) is 6.61 Å². The number of carbonyl (C=O) groups excluding carboxylic acids is 1. The van der Waals surface area contributed by atoms with Gasteiger partial charge in [-0.15, -0.1) is 0 Å². The largest absolute Gasteiger partial charge is 0.507 e. The number of hydrogen-bond donors (Lipinski definition) is 1. The number of benzene rings is 2. The van der Waals surface area contributed by atoms with Crippen LogP contribution in [0.5, 0.6) is 5.75 Å². The summed E-state index contributed by atoms with van der Waals surface area (Å²) < 4.78 is 5.29. The zero-order valence-corrected chi connectivity index (χ0v) is 12.4. The maximum Gasteiger partial charge on any atom is 0.196 e. The van der Waals surface area contributed by atoms with Crippen LogP contribution in [-0.4, -0.2) is 17.5 Å². The van der Waals surface area contributed by atoms with Gasteiger partial charge in [-0.2, -0.15) is 0 Å². The Balaban J connectivity index is 1.95. The third-order valence-corrected chi connectivity index (χ3v) is 3.14. The van der Waals surface area contributed by atoms with E-state index in [1.807, 2.05) is 0 Å². The van der Waals surface area contributed by atoms with Crippen LogP contribution in [0.1, 0.15) is 5.56 Å². The Morgan fingerprint density at radius 3 is 2.10 bits per heavy atom. The van der Waals surface area contributed by atoms with E-state index in [4.69, 9.17) is 27.9 Å². The van der Waals surface area contributed by atoms with E-state index in [1.54, 1.807) is 48.5 Å². The van der Waals surface area contributed by atoms with Gasteiger partial charge in [0, 0.05) is 21.7 Å². The molecule has 0 spiro atoms. The Morgan fingerprint density at radius 2 is 1.52 bits per heavy atom. The van der Waals surface area contributed by atoms with E-state index in [-0.39, 0.29) is 18.1 Å². The second kappa shape index (κ2) is 7.16. The number of aliphatic hydroxyl groups is 1. The predicted octanol–water partition coefficient (Wildman–Crippen LogP) is 4.54. The summed E-state index contributed by atoms with van der Waals surface area (Å²) in [7, 11) is 0. The summed E-state index contributed by atoms with van der Waals surface area (Å²) in [6.07, 6.45) is 1.12. The van der Waals surface area contributed by atoms with Gasteiger partial charge in [0.2, 0.25) is 0 Å². The molecule has 0 saturated carbocycles. The Morgan fingerprint density at radius 1 is 1.00 bits per heavy atom. The van der Waals surface area contributed by atoms with Crippen LogP contribution in [0.3, 0.4) is 0 Å². The summed E-state index contributed by atoms with van der Waals surface area (Å²) >= 11 is 11.5. The van der Waals surface area contributed by atoms with Gasteiger partial charge in [0.1, 0.15) is 11.5 Å². The highest BCUT2D eigenvalue weighted by Crippen LogP contribution is 2.17. The highest BCUT2D eigenvalue weighted by molar-refractivity contribution is 6.30. The lowest BCUT2D eigenvalue weighted by molar-refractivity contribution is -0.116. The second-order valence-electron chi connectivity index (χ2n) is 4.25. The highest BCUT2D eigenvalue weighted by Gasteiger charge is 2.05. The maximum atomic E-state index is 11.7. The Labute approximate surface area is 132 Å². The van der Waals surface area contributed by atoms with Gasteiger partial charge in [-0.1, -0.05) is 23.2 Å². The van der Waals surface area contributed by atoms with Crippen molar-refractivity contribution in [3.05, 3.63) is 70.2 Å². The van der Waals surface area contributed by atoms with Crippen LogP contribution in [0.15, 0.2) is 54.6 Å². The Hall–Kier alpha value is -1.97. The molecule has 0 amide bonds. The van der Waals surface area contributed by atoms with Crippen molar-refractivity contribution < 1.29 is 14.6 Å². The SMILES string of the molecule is O=C(/C=C(\O)c1ccc(Cl)cc1)COc1ccc(Cl)cc1. The highest BCUT2D eigenvalue weighted by atomic mass is 35.5. The third-order valence-electron chi connectivity index (χ3n) is 2.63. The van der Waals surface area contributed by atoms with Gasteiger partial charge in [0.05, 0.1) is 0 Å². The van der Waals surface area contributed by atoms with Crippen molar-refractivity contribution >= 4 is 34.7 Å². The van der Waals surface area contributed by atoms with Crippen LogP contribution in [0, 0.1) is 0 Å². The van der Waals surface area contributed by atoms with Crippen molar-refractivity contribution in [1.29, 1.82) is 0 Å². The van der Waals surface area contributed by atoms with Crippen molar-refractivity contribution in [3.8, 4) is 5.75 Å². The van der Waals surface area contributed by atoms with Gasteiger partial charge in [-0.3, -0.25) is 4.79 Å². The van der Waals surface area contributed by atoms with Crippen LogP contribution < -0.4 is 4.74 Å². The predicted molar refractivity (Wildman–Crippen MR) is 84.0 cm³/mol. The number of ketones is 1. The summed E-state index contributed by atoms with van der Waals surface area (Å²) in [5.41, 5.74) is 0.513. The zero-order valence-electron chi connectivity index (χ0n) is 10.9. The minimum Gasteiger partial charge on any atom is -0.507 e. The van der Waals surface area contributed by atoms with Gasteiger partial charge in [-0.25, -0.2) is 0 Å². The molecule has 3 nitrogen and oxygen atoms in total. The van der Waals surface area contributed by atoms with E-state index < -0.39 is 0 Å². The fourth-order valence-electron chi connectivity index (χ4n) is 1.58. The van der Waals surface area contributed by atoms with Crippen molar-refractivity contribution in [2.24, 2.45) is 0 Å². The summed E-state index contributed by atoms with van der Waals surface area (Å²) in [6, 6.07) is 13.2. The normalized spacial score (nSPS) is 11.2. The molecule has 2 rings (SSSR count). The second-order valence-corrected chi connectivity index (χ2v) is 5.12. The molecule has 5 heteroatoms. The lowest BCUT2D eigenvalue weighted by Gasteiger charge is -2.04. The smallest absolute Gasteiger partial charge is 0.196 e. The van der Waals surface area contributed by atoms with Crippen molar-refractivity contribution in [2.45, 2.75) is 0 Å². The fraction of sp³-hybridized carbons (Fsp3) is 0.0625. The van der Waals surface area contributed by atoms with Crippen LogP contribution in [0.4, 0.5) is 0 Å². The molecule has 0 heterocycles. The standard InChI is InChI=1S/C16H12Cl2O3/c17-12-3-1-11(2-4-12)16(20)9-14(19)10-21-15-7-5-13(18)6-8-15/h1-9,20H,10H2/b16-9-. The first-order valence-corrected chi connectivity index (χ1v) is 6.88. The first-order chi connectivity index (χ1) is 10.0. The summed E-state index contributed by atoms with van der Waals surface area (Å²) in [5, 5.41) is 11.0. The molecule has 0 bridgehead atoms. The van der Waals surface area contributed by atoms with Crippen molar-refractivity contribution in [1.82, 2.24) is 0 Å². The van der Waals surface area contributed by atoms with Crippen LogP contribution in [0.25, 0.3) is 5.76 Å². The molecule has 0 saturated heterocycles. The third kappa shape index (κ3) is 4.81. The van der Waals surface area contributed by atoms with E-state index in [1.165, 1.54) is 0 Å². The lowest BCUT2D eigenvalue weighted by atomic mass is 10.1. The van der Waals surface area contributed by atoms with Gasteiger partial charge in [-0.05, 0) is 48.5 Å². The average molecular weight is 323 g/mol. The molecular weight excluding hydrogens is 311 g/mol. The quantitative estimate of drug-likeness (QED) is 0.649. The summed E-state index contributed by atoms with van der Waals surface area (Å²) in [5.74, 6) is 0.0564. The van der Waals surface area contributed by atoms with E-state index >= 15 is 0 Å². The maximum absolute atomic E-state index is 11.7. The molecule has 2 aromatic rings. The van der Waals surface area contributed by atoms with Crippen molar-refractivity contribution in [3.63, 3.8) is 0 Å². The summed E-state index contributed by atoms with van der Waals surface area (Å²) in [4.78, 5) is 11.7. The molecule has 0 aliphatic carbocycles. The Bertz CT molecular complexity index is 646. The monoisotopic (exact) mass is 322 g/mol. The van der Waals surface area contributed by atoms with Crippen LogP contribution in [-0.2, 0) is 4.79 Å². The number of rotatable bonds is 5.